The van der Waals surface area contributed by atoms with Gasteiger partial charge in [0.25, 0.3) is 0 Å². The Balaban J connectivity index is 1.62. The molecule has 0 spiro atoms. The topological polar surface area (TPSA) is 27.7 Å². The Kier molecular flexibility index (Phi) is 3.84. The van der Waals surface area contributed by atoms with E-state index in [0.717, 1.165) is 18.4 Å². The minimum Gasteiger partial charge on any atom is -0.369 e. The molecule has 0 aliphatic carbocycles. The first-order valence-corrected chi connectivity index (χ1v) is 6.78. The van der Waals surface area contributed by atoms with Crippen LogP contribution in [0.15, 0.2) is 30.3 Å². The van der Waals surface area contributed by atoms with Crippen molar-refractivity contribution >= 4 is 0 Å². The number of hydrogen-bond donors (Lipinski definition) is 0. The van der Waals surface area contributed by atoms with Gasteiger partial charge in [-0.2, -0.15) is 0 Å². The molecule has 3 heteroatoms. The van der Waals surface area contributed by atoms with Gasteiger partial charge in [0, 0.05) is 12.0 Å². The van der Waals surface area contributed by atoms with E-state index >= 15 is 0 Å². The maximum Gasteiger partial charge on any atom is 0.184 e. The summed E-state index contributed by atoms with van der Waals surface area (Å²) in [6, 6.07) is 10.0. The van der Waals surface area contributed by atoms with Crippen molar-refractivity contribution in [3.05, 3.63) is 35.9 Å². The summed E-state index contributed by atoms with van der Waals surface area (Å²) in [5.41, 5.74) is 1.06. The van der Waals surface area contributed by atoms with Gasteiger partial charge in [0.05, 0.1) is 18.8 Å². The molecule has 2 aliphatic heterocycles. The van der Waals surface area contributed by atoms with Crippen LogP contribution in [0.2, 0.25) is 0 Å². The molecule has 100 valence electrons. The van der Waals surface area contributed by atoms with Gasteiger partial charge < -0.3 is 14.2 Å². The highest BCUT2D eigenvalue weighted by Gasteiger charge is 2.38. The number of hydrogen-bond acceptors (Lipinski definition) is 3. The number of ether oxygens (including phenoxy) is 3. The van der Waals surface area contributed by atoms with Gasteiger partial charge in [0.2, 0.25) is 0 Å². The molecule has 19 heavy (non-hydrogen) atoms. The van der Waals surface area contributed by atoms with Gasteiger partial charge in [0.1, 0.15) is 6.10 Å². The molecule has 2 aliphatic rings. The van der Waals surface area contributed by atoms with Crippen molar-refractivity contribution in [1.29, 1.82) is 0 Å². The van der Waals surface area contributed by atoms with Crippen LogP contribution in [-0.2, 0) is 14.2 Å². The summed E-state index contributed by atoms with van der Waals surface area (Å²) in [4.78, 5) is 0. The zero-order valence-corrected chi connectivity index (χ0v) is 10.8. The third kappa shape index (κ3) is 2.82. The number of fused-ring (bicyclic) bond motifs is 1. The highest BCUT2D eigenvalue weighted by atomic mass is 16.7. The van der Waals surface area contributed by atoms with Crippen molar-refractivity contribution in [3.63, 3.8) is 0 Å². The van der Waals surface area contributed by atoms with Gasteiger partial charge in [-0.25, -0.2) is 0 Å². The molecular formula is C16H18O3. The third-order valence-corrected chi connectivity index (χ3v) is 3.68. The van der Waals surface area contributed by atoms with Gasteiger partial charge >= 0.3 is 0 Å². The molecule has 3 nitrogen and oxygen atoms in total. The normalized spacial score (nSPS) is 34.3. The first-order chi connectivity index (χ1) is 9.36. The Morgan fingerprint density at radius 3 is 2.74 bits per heavy atom. The van der Waals surface area contributed by atoms with E-state index in [1.807, 2.05) is 30.3 Å². The summed E-state index contributed by atoms with van der Waals surface area (Å²) in [6.07, 6.45) is 7.99. The van der Waals surface area contributed by atoms with Gasteiger partial charge in [0.15, 0.2) is 6.29 Å². The van der Waals surface area contributed by atoms with Crippen molar-refractivity contribution in [2.45, 2.75) is 43.9 Å². The Labute approximate surface area is 113 Å². The Morgan fingerprint density at radius 2 is 1.95 bits per heavy atom. The summed E-state index contributed by atoms with van der Waals surface area (Å²) >= 11 is 0. The van der Waals surface area contributed by atoms with E-state index in [0.29, 0.717) is 13.0 Å². The Morgan fingerprint density at radius 1 is 1.11 bits per heavy atom. The molecule has 4 atom stereocenters. The molecule has 2 fully saturated rings. The van der Waals surface area contributed by atoms with Gasteiger partial charge in [-0.05, 0) is 12.8 Å². The molecule has 0 unspecified atom stereocenters. The van der Waals surface area contributed by atoms with Crippen molar-refractivity contribution in [1.82, 2.24) is 0 Å². The van der Waals surface area contributed by atoms with E-state index in [4.69, 9.17) is 20.6 Å². The smallest absolute Gasteiger partial charge is 0.184 e. The molecule has 3 rings (SSSR count). The summed E-state index contributed by atoms with van der Waals surface area (Å²) in [7, 11) is 0. The fourth-order valence-electron chi connectivity index (χ4n) is 2.69. The number of terminal acetylenes is 1. The predicted octanol–water partition coefficient (Wildman–Crippen LogP) is 2.67. The van der Waals surface area contributed by atoms with Crippen molar-refractivity contribution in [2.75, 3.05) is 6.61 Å². The van der Waals surface area contributed by atoms with Crippen LogP contribution in [0.25, 0.3) is 0 Å². The number of rotatable bonds is 2. The first-order valence-electron chi connectivity index (χ1n) is 6.78. The highest BCUT2D eigenvalue weighted by molar-refractivity contribution is 5.16. The second-order valence-electron chi connectivity index (χ2n) is 5.03. The quantitative estimate of drug-likeness (QED) is 0.763. The lowest BCUT2D eigenvalue weighted by atomic mass is 9.98. The lowest BCUT2D eigenvalue weighted by molar-refractivity contribution is -0.287. The van der Waals surface area contributed by atoms with E-state index < -0.39 is 0 Å². The van der Waals surface area contributed by atoms with E-state index in [-0.39, 0.29) is 24.6 Å². The molecule has 2 saturated heterocycles. The molecule has 0 N–H and O–H groups in total. The van der Waals surface area contributed by atoms with Crippen LogP contribution in [0.1, 0.15) is 31.1 Å². The van der Waals surface area contributed by atoms with E-state index in [2.05, 4.69) is 5.92 Å². The molecular weight excluding hydrogens is 240 g/mol. The third-order valence-electron chi connectivity index (χ3n) is 3.68. The zero-order valence-electron chi connectivity index (χ0n) is 10.8. The maximum absolute atomic E-state index is 6.00. The van der Waals surface area contributed by atoms with Gasteiger partial charge in [-0.15, -0.1) is 12.3 Å². The molecule has 1 aromatic carbocycles. The molecule has 2 heterocycles. The van der Waals surface area contributed by atoms with Gasteiger partial charge in [-0.1, -0.05) is 30.3 Å². The molecule has 1 aromatic rings. The summed E-state index contributed by atoms with van der Waals surface area (Å²) in [6.45, 7) is 0.575. The fourth-order valence-corrected chi connectivity index (χ4v) is 2.69. The molecule has 0 aromatic heterocycles. The monoisotopic (exact) mass is 258 g/mol. The average molecular weight is 258 g/mol. The minimum atomic E-state index is -0.268. The largest absolute Gasteiger partial charge is 0.369 e. The minimum absolute atomic E-state index is 0.0204. The summed E-state index contributed by atoms with van der Waals surface area (Å²) in [5.74, 6) is 2.66. The average Bonchev–Trinajstić information content (AvgIpc) is 2.48. The van der Waals surface area contributed by atoms with E-state index in [1.165, 1.54) is 0 Å². The predicted molar refractivity (Wildman–Crippen MR) is 71.4 cm³/mol. The van der Waals surface area contributed by atoms with Crippen molar-refractivity contribution < 1.29 is 14.2 Å². The Bertz CT molecular complexity index is 451. The first kappa shape index (κ1) is 12.7. The lowest BCUT2D eigenvalue weighted by Gasteiger charge is -2.41. The summed E-state index contributed by atoms with van der Waals surface area (Å²) in [5, 5.41) is 0. The SMILES string of the molecule is C#CC[C@@H]1CC[C@@H]2O[C@H](c3ccccc3)OC[C@H]2O1. The van der Waals surface area contributed by atoms with Crippen LogP contribution in [0.5, 0.6) is 0 Å². The fraction of sp³-hybridized carbons (Fsp3) is 0.500. The van der Waals surface area contributed by atoms with E-state index in [9.17, 15) is 0 Å². The van der Waals surface area contributed by atoms with Crippen LogP contribution in [-0.4, -0.2) is 24.9 Å². The van der Waals surface area contributed by atoms with E-state index in [1.54, 1.807) is 0 Å². The van der Waals surface area contributed by atoms with Crippen molar-refractivity contribution in [3.8, 4) is 12.3 Å². The molecule has 0 bridgehead atoms. The Hall–Kier alpha value is -1.34. The zero-order chi connectivity index (χ0) is 13.1. The second kappa shape index (κ2) is 5.75. The highest BCUT2D eigenvalue weighted by Crippen LogP contribution is 2.33. The lowest BCUT2D eigenvalue weighted by Crippen LogP contribution is -2.47. The molecule has 0 saturated carbocycles. The number of benzene rings is 1. The maximum atomic E-state index is 6.00. The van der Waals surface area contributed by atoms with Crippen molar-refractivity contribution in [2.24, 2.45) is 0 Å². The standard InChI is InChI=1S/C16H18O3/c1-2-6-13-9-10-14-15(18-13)11-17-16(19-14)12-7-4-3-5-8-12/h1,3-5,7-8,13-16H,6,9-11H2/t13-,14+,15-,16-/m1/s1. The molecule has 0 radical (unpaired) electrons. The van der Waals surface area contributed by atoms with Crippen LogP contribution >= 0.6 is 0 Å². The molecule has 0 amide bonds. The van der Waals surface area contributed by atoms with Crippen LogP contribution in [0.4, 0.5) is 0 Å². The second-order valence-corrected chi connectivity index (χ2v) is 5.03. The van der Waals surface area contributed by atoms with Crippen LogP contribution in [0, 0.1) is 12.3 Å². The van der Waals surface area contributed by atoms with Gasteiger partial charge in [-0.3, -0.25) is 0 Å². The summed E-state index contributed by atoms with van der Waals surface area (Å²) < 4.78 is 17.7. The van der Waals surface area contributed by atoms with Crippen LogP contribution < -0.4 is 0 Å². The van der Waals surface area contributed by atoms with Crippen LogP contribution in [0.3, 0.4) is 0 Å².